The molecule has 3 aliphatic rings. The monoisotopic (exact) mass is 682 g/mol. The minimum atomic E-state index is -4.91. The number of carbonyl (C=O) groups is 3. The van der Waals surface area contributed by atoms with Gasteiger partial charge in [0, 0.05) is 66.9 Å². The number of benzene rings is 1. The second kappa shape index (κ2) is 15.7. The van der Waals surface area contributed by atoms with Gasteiger partial charge in [-0.2, -0.15) is 0 Å². The van der Waals surface area contributed by atoms with Crippen molar-refractivity contribution in [3.8, 4) is 5.75 Å². The number of ketones is 1. The van der Waals surface area contributed by atoms with Crippen LogP contribution in [0.4, 0.5) is 14.5 Å². The Bertz CT molecular complexity index is 1480. The summed E-state index contributed by atoms with van der Waals surface area (Å²) in [6.07, 6.45) is 7.46. The summed E-state index contributed by atoms with van der Waals surface area (Å²) in [4.78, 5) is 63.8. The number of carboxylic acids is 1. The lowest BCUT2D eigenvalue weighted by Gasteiger charge is -2.40. The summed E-state index contributed by atoms with van der Waals surface area (Å²) in [5.74, 6) is -4.38. The Balaban J connectivity index is 1.47. The van der Waals surface area contributed by atoms with Crippen LogP contribution in [0.2, 0.25) is 0 Å². The summed E-state index contributed by atoms with van der Waals surface area (Å²) >= 11 is 0. The van der Waals surface area contributed by atoms with Crippen molar-refractivity contribution in [3.05, 3.63) is 64.6 Å². The maximum Gasteiger partial charge on any atom is 0.487 e. The number of likely N-dealkylation sites (tertiary alicyclic amines) is 1. The van der Waals surface area contributed by atoms with E-state index in [9.17, 15) is 42.6 Å². The Kier molecular flexibility index (Phi) is 12.0. The normalized spacial score (nSPS) is 22.9. The number of nitrogens with zero attached hydrogens (tertiary/aromatic N) is 4. The Morgan fingerprint density at radius 1 is 1.26 bits per heavy atom. The van der Waals surface area contributed by atoms with E-state index in [2.05, 4.69) is 9.68 Å². The number of nitroso groups, excluding NO2 is 1. The summed E-state index contributed by atoms with van der Waals surface area (Å²) in [7, 11) is -3.23. The number of rotatable bonds is 16. The van der Waals surface area contributed by atoms with Crippen LogP contribution in [0.1, 0.15) is 25.7 Å². The lowest BCUT2D eigenvalue weighted by Crippen LogP contribution is -2.49. The van der Waals surface area contributed by atoms with E-state index in [1.165, 1.54) is 18.2 Å². The lowest BCUT2D eigenvalue weighted by molar-refractivity contribution is -0.143. The first-order valence-corrected chi connectivity index (χ1v) is 16.5. The first-order chi connectivity index (χ1) is 22.4. The largest absolute Gasteiger partial charge is 0.487 e. The highest BCUT2D eigenvalue weighted by Gasteiger charge is 2.44. The topological polar surface area (TPSA) is 176 Å². The van der Waals surface area contributed by atoms with Crippen molar-refractivity contribution in [3.63, 3.8) is 0 Å². The quantitative estimate of drug-likeness (QED) is 0.0647. The van der Waals surface area contributed by atoms with Gasteiger partial charge >= 0.3 is 13.7 Å². The third kappa shape index (κ3) is 9.31. The van der Waals surface area contributed by atoms with Crippen LogP contribution < -0.4 is 9.64 Å². The van der Waals surface area contributed by atoms with Crippen LogP contribution >= 0.6 is 7.75 Å². The van der Waals surface area contributed by atoms with Crippen molar-refractivity contribution in [2.24, 2.45) is 10.9 Å². The number of anilines is 1. The zero-order chi connectivity index (χ0) is 34.2. The fraction of sp³-hybridized carbons (Fsp3) is 0.500. The number of hydrogen-bond donors (Lipinski definition) is 2. The number of likely N-dealkylation sites (N-methyl/N-ethyl adjacent to an activating group) is 1. The van der Waals surface area contributed by atoms with Gasteiger partial charge in [0.1, 0.15) is 31.4 Å². The van der Waals surface area contributed by atoms with Crippen molar-refractivity contribution in [1.29, 1.82) is 0 Å². The minimum absolute atomic E-state index is 0.0216. The second-order valence-corrected chi connectivity index (χ2v) is 12.8. The van der Waals surface area contributed by atoms with Gasteiger partial charge in [-0.1, -0.05) is 0 Å². The molecule has 1 aromatic rings. The van der Waals surface area contributed by atoms with Crippen molar-refractivity contribution in [2.75, 3.05) is 58.0 Å². The van der Waals surface area contributed by atoms with E-state index in [4.69, 9.17) is 9.26 Å². The molecule has 2 heterocycles. The van der Waals surface area contributed by atoms with E-state index < -0.39 is 43.5 Å². The van der Waals surface area contributed by atoms with Crippen molar-refractivity contribution in [1.82, 2.24) is 9.80 Å². The van der Waals surface area contributed by atoms with Crippen LogP contribution in [0.15, 0.2) is 58.8 Å². The fourth-order valence-electron chi connectivity index (χ4n) is 5.45. The van der Waals surface area contributed by atoms with Crippen LogP contribution in [0.3, 0.4) is 0 Å². The average Bonchev–Trinajstić information content (AvgIpc) is 3.89. The van der Waals surface area contributed by atoms with Gasteiger partial charge in [0.15, 0.2) is 17.3 Å². The molecule has 1 aliphatic carbocycles. The summed E-state index contributed by atoms with van der Waals surface area (Å²) in [5, 5.41) is 9.57. The molecule has 1 saturated heterocycles. The van der Waals surface area contributed by atoms with Gasteiger partial charge in [0.25, 0.3) is 6.47 Å². The van der Waals surface area contributed by atoms with Crippen molar-refractivity contribution < 1.29 is 51.7 Å². The highest BCUT2D eigenvalue weighted by molar-refractivity contribution is 7.51. The molecule has 1 aromatic carbocycles. The van der Waals surface area contributed by atoms with Crippen LogP contribution in [0, 0.1) is 16.6 Å². The Morgan fingerprint density at radius 3 is 2.57 bits per heavy atom. The summed E-state index contributed by atoms with van der Waals surface area (Å²) in [6.45, 7) is 0.163. The number of allylic oxidation sites excluding steroid dienone is 2. The summed E-state index contributed by atoms with van der Waals surface area (Å²) in [6, 6.07) is 4.21. The number of Topliss-reactive ketones (excluding diaryl/α,β-unsaturated/α-hetero) is 1. The van der Waals surface area contributed by atoms with Crippen molar-refractivity contribution in [2.45, 2.75) is 37.3 Å². The maximum absolute atomic E-state index is 15.0. The van der Waals surface area contributed by atoms with Crippen LogP contribution in [0.5, 0.6) is 5.75 Å². The highest BCUT2D eigenvalue weighted by atomic mass is 31.2. The molecule has 2 atom stereocenters. The molecule has 0 amide bonds. The van der Waals surface area contributed by atoms with Crippen LogP contribution in [0.25, 0.3) is 0 Å². The number of piperidine rings is 1. The molecule has 17 heteroatoms. The molecular formula is C30H37F2N4O10P. The molecular weight excluding hydrogens is 645 g/mol. The molecule has 14 nitrogen and oxygen atoms in total. The standard InChI is InChI=1S/C30H37F2N4O10P/c1-34(16-17-44-20-37)22-4-5-27(25(32)18-22)45-19-30(46-47(42,43)33-41)9-14-35(15-10-30)12-8-26-23(6-11-31)28(38)24(29(39)40)7-13-36(26)21-2-3-21/h4-8,13,18,20-21,24H,2-3,9-12,14-17,19H2,1H3,(H,39,40)(H,42,43)/b23-6+,26-8+. The minimum Gasteiger partial charge on any atom is -0.487 e. The highest BCUT2D eigenvalue weighted by Crippen LogP contribution is 2.50. The number of hydrogen-bond acceptors (Lipinski definition) is 11. The van der Waals surface area contributed by atoms with Crippen LogP contribution in [-0.2, 0) is 28.2 Å². The summed E-state index contributed by atoms with van der Waals surface area (Å²) in [5.41, 5.74) is -0.619. The lowest BCUT2D eigenvalue weighted by atomic mass is 9.92. The molecule has 47 heavy (non-hydrogen) atoms. The molecule has 256 valence electrons. The molecule has 1 saturated carbocycles. The molecule has 2 aliphatic heterocycles. The number of aliphatic carboxylic acids is 1. The number of ether oxygens (including phenoxy) is 2. The molecule has 0 aromatic heterocycles. The molecule has 0 spiro atoms. The third-order valence-corrected chi connectivity index (χ3v) is 9.05. The molecule has 4 rings (SSSR count). The number of halogens is 2. The molecule has 0 bridgehead atoms. The molecule has 0 radical (unpaired) electrons. The van der Waals surface area contributed by atoms with E-state index in [1.54, 1.807) is 35.2 Å². The zero-order valence-electron chi connectivity index (χ0n) is 25.7. The van der Waals surface area contributed by atoms with Gasteiger partial charge < -0.3 is 29.3 Å². The summed E-state index contributed by atoms with van der Waals surface area (Å²) < 4.78 is 56.4. The van der Waals surface area contributed by atoms with Gasteiger partial charge in [0.05, 0.1) is 6.54 Å². The molecule has 2 N–H and O–H groups in total. The van der Waals surface area contributed by atoms with E-state index in [0.29, 0.717) is 24.4 Å². The SMILES string of the molecule is CN(CCOC=O)c1ccc(OCC2(OP(=O)(O)N=O)CCN(C/C=C3\C(=C/CF)C(=O)C(C(=O)O)C=CN3C3CC3)CC2)c(F)c1. The van der Waals surface area contributed by atoms with Gasteiger partial charge in [0.2, 0.25) is 0 Å². The van der Waals surface area contributed by atoms with E-state index >= 15 is 0 Å². The van der Waals surface area contributed by atoms with E-state index in [0.717, 1.165) is 18.9 Å². The van der Waals surface area contributed by atoms with E-state index in [1.807, 2.05) is 4.90 Å². The first kappa shape index (κ1) is 35.9. The Hall–Kier alpha value is -3.98. The predicted molar refractivity (Wildman–Crippen MR) is 165 cm³/mol. The maximum atomic E-state index is 15.0. The van der Waals surface area contributed by atoms with Gasteiger partial charge in [-0.05, 0) is 56.0 Å². The van der Waals surface area contributed by atoms with Gasteiger partial charge in [-0.3, -0.25) is 23.8 Å². The van der Waals surface area contributed by atoms with Crippen LogP contribution in [-0.4, -0.2) is 103 Å². The van der Waals surface area contributed by atoms with Gasteiger partial charge in [-0.25, -0.2) is 13.3 Å². The Morgan fingerprint density at radius 2 is 1.98 bits per heavy atom. The molecule has 2 fully saturated rings. The van der Waals surface area contributed by atoms with Gasteiger partial charge in [-0.15, -0.1) is 4.91 Å². The zero-order valence-corrected chi connectivity index (χ0v) is 26.6. The Labute approximate surface area is 269 Å². The third-order valence-electron chi connectivity index (χ3n) is 8.21. The second-order valence-electron chi connectivity index (χ2n) is 11.5. The number of carboxylic acid groups (broad SMARTS) is 1. The number of alkyl halides is 1. The molecule has 2 unspecified atom stereocenters. The fourth-order valence-corrected chi connectivity index (χ4v) is 6.23. The first-order valence-electron chi connectivity index (χ1n) is 14.9. The van der Waals surface area contributed by atoms with E-state index in [-0.39, 0.29) is 63.1 Å². The number of carbonyl (C=O) groups excluding carboxylic acids is 2. The van der Waals surface area contributed by atoms with Crippen molar-refractivity contribution >= 4 is 31.7 Å². The predicted octanol–water partition coefficient (Wildman–Crippen LogP) is 3.57. The smallest absolute Gasteiger partial charge is 0.487 e. The average molecular weight is 683 g/mol.